The van der Waals surface area contributed by atoms with E-state index in [1.807, 2.05) is 0 Å². The lowest BCUT2D eigenvalue weighted by Crippen LogP contribution is -2.02. The molecule has 0 heterocycles. The van der Waals surface area contributed by atoms with Crippen LogP contribution in [0.3, 0.4) is 0 Å². The van der Waals surface area contributed by atoms with Crippen LogP contribution in [0.5, 0.6) is 0 Å². The number of hydrogen-bond donors (Lipinski definition) is 0. The molecule has 1 aromatic carbocycles. The minimum absolute atomic E-state index is 0.0156. The van der Waals surface area contributed by atoms with Crippen LogP contribution in [0.15, 0.2) is 12.1 Å². The third-order valence-corrected chi connectivity index (χ3v) is 3.02. The average Bonchev–Trinajstić information content (AvgIpc) is 2.11. The fourth-order valence-electron chi connectivity index (χ4n) is 1.26. The Morgan fingerprint density at radius 2 is 1.94 bits per heavy atom. The van der Waals surface area contributed by atoms with Crippen LogP contribution in [0.1, 0.15) is 11.1 Å². The molecule has 0 aliphatic rings. The zero-order valence-electron chi connectivity index (χ0n) is 8.34. The van der Waals surface area contributed by atoms with E-state index in [4.69, 9.17) is 27.0 Å². The van der Waals surface area contributed by atoms with E-state index in [2.05, 4.69) is 0 Å². The molecule has 1 rings (SSSR count). The largest absolute Gasteiger partial charge is 0.380 e. The minimum atomic E-state index is -3.82. The molecule has 0 aliphatic carbocycles. The van der Waals surface area contributed by atoms with Crippen LogP contribution >= 0.6 is 22.3 Å². The van der Waals surface area contributed by atoms with Crippen LogP contribution in [-0.2, 0) is 26.1 Å². The highest BCUT2D eigenvalue weighted by Crippen LogP contribution is 2.23. The van der Waals surface area contributed by atoms with Gasteiger partial charge in [-0.2, -0.15) is 0 Å². The van der Waals surface area contributed by atoms with Gasteiger partial charge in [0.1, 0.15) is 5.82 Å². The molecule has 16 heavy (non-hydrogen) atoms. The van der Waals surface area contributed by atoms with E-state index < -0.39 is 20.6 Å². The van der Waals surface area contributed by atoms with Gasteiger partial charge in [-0.3, -0.25) is 0 Å². The molecule has 7 heteroatoms. The summed E-state index contributed by atoms with van der Waals surface area (Å²) in [5.74, 6) is -1.26. The van der Waals surface area contributed by atoms with Crippen molar-refractivity contribution in [1.82, 2.24) is 0 Å². The van der Waals surface area contributed by atoms with Crippen LogP contribution in [0.25, 0.3) is 0 Å². The van der Waals surface area contributed by atoms with E-state index in [0.29, 0.717) is 0 Å². The van der Waals surface area contributed by atoms with E-state index in [1.54, 1.807) is 0 Å². The second kappa shape index (κ2) is 5.31. The lowest BCUT2D eigenvalue weighted by atomic mass is 10.1. The van der Waals surface area contributed by atoms with Crippen LogP contribution < -0.4 is 0 Å². The molecular formula is C9H9Cl2FO3S. The quantitative estimate of drug-likeness (QED) is 0.800. The van der Waals surface area contributed by atoms with Gasteiger partial charge in [0.05, 0.1) is 12.4 Å². The zero-order valence-corrected chi connectivity index (χ0v) is 10.7. The average molecular weight is 287 g/mol. The summed E-state index contributed by atoms with van der Waals surface area (Å²) in [7, 11) is 2.64. The molecule has 0 saturated heterocycles. The van der Waals surface area contributed by atoms with E-state index in [1.165, 1.54) is 19.2 Å². The molecule has 0 amide bonds. The molecule has 0 N–H and O–H groups in total. The lowest BCUT2D eigenvalue weighted by molar-refractivity contribution is 0.181. The highest BCUT2D eigenvalue weighted by Gasteiger charge is 2.15. The second-order valence-electron chi connectivity index (χ2n) is 3.15. The van der Waals surface area contributed by atoms with E-state index in [0.717, 1.165) is 0 Å². The van der Waals surface area contributed by atoms with Crippen LogP contribution in [-0.4, -0.2) is 15.5 Å². The summed E-state index contributed by atoms with van der Waals surface area (Å²) in [4.78, 5) is 0. The van der Waals surface area contributed by atoms with Gasteiger partial charge in [-0.1, -0.05) is 11.6 Å². The third kappa shape index (κ3) is 3.90. The van der Waals surface area contributed by atoms with Crippen LogP contribution in [0.2, 0.25) is 5.02 Å². The molecular weight excluding hydrogens is 278 g/mol. The van der Waals surface area contributed by atoms with Crippen molar-refractivity contribution >= 4 is 31.3 Å². The third-order valence-electron chi connectivity index (χ3n) is 1.82. The van der Waals surface area contributed by atoms with Crippen molar-refractivity contribution in [1.29, 1.82) is 0 Å². The molecule has 0 aliphatic heterocycles. The predicted molar refractivity (Wildman–Crippen MR) is 60.6 cm³/mol. The molecule has 0 unspecified atom stereocenters. The normalized spacial score (nSPS) is 11.8. The van der Waals surface area contributed by atoms with E-state index in [9.17, 15) is 12.8 Å². The summed E-state index contributed by atoms with van der Waals surface area (Å²) in [5, 5.41) is 0.240. The Bertz CT molecular complexity index is 488. The van der Waals surface area contributed by atoms with Crippen molar-refractivity contribution in [3.63, 3.8) is 0 Å². The maximum absolute atomic E-state index is 13.7. The molecule has 1 aromatic rings. The Hall–Kier alpha value is -0.360. The second-order valence-corrected chi connectivity index (χ2v) is 6.37. The lowest BCUT2D eigenvalue weighted by Gasteiger charge is -2.07. The first-order valence-electron chi connectivity index (χ1n) is 4.21. The summed E-state index contributed by atoms with van der Waals surface area (Å²) < 4.78 is 40.2. The Morgan fingerprint density at radius 3 is 2.44 bits per heavy atom. The Balaban J connectivity index is 3.18. The fraction of sp³-hybridized carbons (Fsp3) is 0.333. The number of methoxy groups -OCH3 is 1. The molecule has 90 valence electrons. The first-order chi connectivity index (χ1) is 7.33. The topological polar surface area (TPSA) is 43.4 Å². The van der Waals surface area contributed by atoms with Gasteiger partial charge in [-0.25, -0.2) is 12.8 Å². The number of rotatable bonds is 4. The van der Waals surface area contributed by atoms with Crippen molar-refractivity contribution in [2.45, 2.75) is 12.4 Å². The molecule has 0 saturated carbocycles. The van der Waals surface area contributed by atoms with E-state index >= 15 is 0 Å². The highest BCUT2D eigenvalue weighted by atomic mass is 35.7. The molecule has 0 radical (unpaired) electrons. The van der Waals surface area contributed by atoms with Crippen molar-refractivity contribution in [2.75, 3.05) is 7.11 Å². The number of ether oxygens (including phenoxy) is 1. The maximum atomic E-state index is 13.7. The van der Waals surface area contributed by atoms with Gasteiger partial charge in [-0.05, 0) is 12.1 Å². The molecule has 3 nitrogen and oxygen atoms in total. The standard InChI is InChI=1S/C9H9Cl2FO3S/c1-15-4-6-2-8(10)3-7(9(6)12)5-16(11,13)14/h2-3H,4-5H2,1H3. The summed E-state index contributed by atoms with van der Waals surface area (Å²) in [6, 6.07) is 2.61. The van der Waals surface area contributed by atoms with Gasteiger partial charge in [0.25, 0.3) is 0 Å². The summed E-state index contributed by atoms with van der Waals surface area (Å²) in [5.41, 5.74) is 0.139. The minimum Gasteiger partial charge on any atom is -0.380 e. The molecule has 0 bridgehead atoms. The van der Waals surface area contributed by atoms with Gasteiger partial charge < -0.3 is 4.74 Å². The summed E-state index contributed by atoms with van der Waals surface area (Å²) in [6.07, 6.45) is 0. The monoisotopic (exact) mass is 286 g/mol. The Morgan fingerprint density at radius 1 is 1.38 bits per heavy atom. The highest BCUT2D eigenvalue weighted by molar-refractivity contribution is 8.13. The van der Waals surface area contributed by atoms with Gasteiger partial charge in [0.2, 0.25) is 9.05 Å². The van der Waals surface area contributed by atoms with Crippen LogP contribution in [0, 0.1) is 5.82 Å². The molecule has 0 spiro atoms. The molecule has 0 atom stereocenters. The summed E-state index contributed by atoms with van der Waals surface area (Å²) >= 11 is 5.73. The molecule has 0 aromatic heterocycles. The zero-order chi connectivity index (χ0) is 12.3. The maximum Gasteiger partial charge on any atom is 0.236 e. The van der Waals surface area contributed by atoms with Gasteiger partial charge in [0, 0.05) is 33.9 Å². The van der Waals surface area contributed by atoms with Gasteiger partial charge in [0.15, 0.2) is 0 Å². The van der Waals surface area contributed by atoms with Crippen molar-refractivity contribution in [3.05, 3.63) is 34.1 Å². The van der Waals surface area contributed by atoms with Gasteiger partial charge >= 0.3 is 0 Å². The van der Waals surface area contributed by atoms with Crippen molar-refractivity contribution < 1.29 is 17.5 Å². The Labute approximate surface area is 103 Å². The smallest absolute Gasteiger partial charge is 0.236 e. The van der Waals surface area contributed by atoms with Crippen molar-refractivity contribution in [3.8, 4) is 0 Å². The SMILES string of the molecule is COCc1cc(Cl)cc(CS(=O)(=O)Cl)c1F. The number of halogens is 3. The van der Waals surface area contributed by atoms with Crippen LogP contribution in [0.4, 0.5) is 4.39 Å². The fourth-order valence-corrected chi connectivity index (χ4v) is 2.46. The van der Waals surface area contributed by atoms with E-state index in [-0.39, 0.29) is 22.8 Å². The summed E-state index contributed by atoms with van der Waals surface area (Å²) in [6.45, 7) is 0.0156. The predicted octanol–water partition coefficient (Wildman–Crippen LogP) is 2.69. The van der Waals surface area contributed by atoms with Crippen molar-refractivity contribution in [2.24, 2.45) is 0 Å². The Kier molecular flexibility index (Phi) is 4.55. The number of hydrogen-bond acceptors (Lipinski definition) is 3. The first-order valence-corrected chi connectivity index (χ1v) is 7.07. The molecule has 0 fully saturated rings. The van der Waals surface area contributed by atoms with Gasteiger partial charge in [-0.15, -0.1) is 0 Å². The first kappa shape index (κ1) is 13.7. The number of benzene rings is 1.